The number of nitrogens with zero attached hydrogens (tertiary/aromatic N) is 1. The minimum Gasteiger partial charge on any atom is -0.444 e. The zero-order chi connectivity index (χ0) is 8.60. The molecule has 3 heteroatoms. The topological polar surface area (TPSA) is 26.0 Å². The van der Waals surface area contributed by atoms with Gasteiger partial charge in [0.25, 0.3) is 0 Å². The first kappa shape index (κ1) is 7.68. The van der Waals surface area contributed by atoms with Gasteiger partial charge in [0.05, 0.1) is 4.75 Å². The number of aromatic nitrogens is 1. The number of hydrogen-bond acceptors (Lipinski definition) is 3. The number of rotatable bonds is 0. The van der Waals surface area contributed by atoms with Crippen LogP contribution in [0.15, 0.2) is 23.0 Å². The predicted molar refractivity (Wildman–Crippen MR) is 51.2 cm³/mol. The van der Waals surface area contributed by atoms with Crippen LogP contribution in [0, 0.1) is 0 Å². The second-order valence-corrected chi connectivity index (χ2v) is 3.96. The van der Waals surface area contributed by atoms with E-state index in [1.165, 1.54) is 6.39 Å². The van der Waals surface area contributed by atoms with E-state index in [2.05, 4.69) is 17.6 Å². The standard InChI is InChI=1S/C9H9NOS/c1-9(12)4-2-3-7-8(5-9)11-6-10-7/h2-6,12H,1H3. The molecule has 1 aromatic rings. The molecule has 0 N–H and O–H groups in total. The third-order valence-corrected chi connectivity index (χ3v) is 2.01. The summed E-state index contributed by atoms with van der Waals surface area (Å²) in [5.41, 5.74) is 0.789. The van der Waals surface area contributed by atoms with Gasteiger partial charge in [-0.05, 0) is 19.1 Å². The minimum atomic E-state index is -0.249. The number of allylic oxidation sites excluding steroid dienone is 1. The molecular weight excluding hydrogens is 170 g/mol. The SMILES string of the molecule is CC1(S)C=CC=c2ncoc2=C1. The van der Waals surface area contributed by atoms with E-state index in [-0.39, 0.29) is 4.75 Å². The normalized spacial score (nSPS) is 26.8. The molecule has 1 heterocycles. The van der Waals surface area contributed by atoms with Crippen molar-refractivity contribution in [3.8, 4) is 0 Å². The highest BCUT2D eigenvalue weighted by molar-refractivity contribution is 7.82. The predicted octanol–water partition coefficient (Wildman–Crippen LogP) is 0.494. The molecule has 1 aliphatic rings. The van der Waals surface area contributed by atoms with Crippen LogP contribution in [0.25, 0.3) is 12.2 Å². The first-order valence-electron chi connectivity index (χ1n) is 3.72. The highest BCUT2D eigenvalue weighted by atomic mass is 32.1. The highest BCUT2D eigenvalue weighted by Gasteiger charge is 2.12. The monoisotopic (exact) mass is 179 g/mol. The summed E-state index contributed by atoms with van der Waals surface area (Å²) in [6.07, 6.45) is 9.24. The largest absolute Gasteiger partial charge is 0.444 e. The second-order valence-electron chi connectivity index (χ2n) is 3.00. The Morgan fingerprint density at radius 2 is 2.42 bits per heavy atom. The zero-order valence-corrected chi connectivity index (χ0v) is 7.58. The van der Waals surface area contributed by atoms with E-state index < -0.39 is 0 Å². The average molecular weight is 179 g/mol. The van der Waals surface area contributed by atoms with Gasteiger partial charge in [0, 0.05) is 0 Å². The first-order chi connectivity index (χ1) is 5.67. The lowest BCUT2D eigenvalue weighted by atomic mass is 10.1. The van der Waals surface area contributed by atoms with E-state index in [0.29, 0.717) is 0 Å². The van der Waals surface area contributed by atoms with Crippen LogP contribution in [0.5, 0.6) is 0 Å². The van der Waals surface area contributed by atoms with E-state index in [9.17, 15) is 0 Å². The van der Waals surface area contributed by atoms with Crippen molar-refractivity contribution in [1.82, 2.24) is 4.98 Å². The van der Waals surface area contributed by atoms with Crippen LogP contribution in [-0.2, 0) is 0 Å². The molecule has 2 nitrogen and oxygen atoms in total. The number of fused-ring (bicyclic) bond motifs is 1. The lowest BCUT2D eigenvalue weighted by Crippen LogP contribution is -2.24. The van der Waals surface area contributed by atoms with E-state index >= 15 is 0 Å². The van der Waals surface area contributed by atoms with Gasteiger partial charge in [-0.2, -0.15) is 12.6 Å². The third-order valence-electron chi connectivity index (χ3n) is 1.73. The number of thiol groups is 1. The van der Waals surface area contributed by atoms with Crippen molar-refractivity contribution in [2.75, 3.05) is 0 Å². The van der Waals surface area contributed by atoms with Crippen molar-refractivity contribution in [2.45, 2.75) is 11.7 Å². The molecule has 0 bridgehead atoms. The lowest BCUT2D eigenvalue weighted by Gasteiger charge is -2.10. The van der Waals surface area contributed by atoms with Crippen LogP contribution in [0.1, 0.15) is 6.92 Å². The van der Waals surface area contributed by atoms with Crippen LogP contribution in [0.4, 0.5) is 0 Å². The molecule has 0 fully saturated rings. The molecule has 0 saturated heterocycles. The summed E-state index contributed by atoms with van der Waals surface area (Å²) in [5.74, 6) is 0. The van der Waals surface area contributed by atoms with Gasteiger partial charge >= 0.3 is 0 Å². The van der Waals surface area contributed by atoms with Crippen molar-refractivity contribution < 1.29 is 4.42 Å². The van der Waals surface area contributed by atoms with Gasteiger partial charge in [0.1, 0.15) is 5.35 Å². The van der Waals surface area contributed by atoms with Gasteiger partial charge in [-0.3, -0.25) is 0 Å². The highest BCUT2D eigenvalue weighted by Crippen LogP contribution is 2.17. The van der Waals surface area contributed by atoms with Gasteiger partial charge in [-0.25, -0.2) is 4.98 Å². The molecule has 0 radical (unpaired) electrons. The molecule has 0 amide bonds. The maximum Gasteiger partial charge on any atom is 0.181 e. The Hall–Kier alpha value is -0.960. The number of oxazole rings is 1. The van der Waals surface area contributed by atoms with Gasteiger partial charge in [0.2, 0.25) is 0 Å². The summed E-state index contributed by atoms with van der Waals surface area (Å²) in [4.78, 5) is 4.04. The van der Waals surface area contributed by atoms with Crippen LogP contribution in [-0.4, -0.2) is 9.73 Å². The summed E-state index contributed by atoms with van der Waals surface area (Å²) in [6, 6.07) is 0. The van der Waals surface area contributed by atoms with E-state index in [1.54, 1.807) is 0 Å². The summed E-state index contributed by atoms with van der Waals surface area (Å²) < 4.78 is 4.94. The van der Waals surface area contributed by atoms with Crippen LogP contribution >= 0.6 is 12.6 Å². The Morgan fingerprint density at radius 3 is 3.25 bits per heavy atom. The van der Waals surface area contributed by atoms with Crippen LogP contribution in [0.3, 0.4) is 0 Å². The fourth-order valence-corrected chi connectivity index (χ4v) is 1.35. The molecule has 0 spiro atoms. The fourth-order valence-electron chi connectivity index (χ4n) is 1.14. The smallest absolute Gasteiger partial charge is 0.181 e. The molecule has 0 aliphatic heterocycles. The zero-order valence-electron chi connectivity index (χ0n) is 6.69. The molecule has 2 rings (SSSR count). The minimum absolute atomic E-state index is 0.249. The van der Waals surface area contributed by atoms with Gasteiger partial charge in [-0.1, -0.05) is 12.2 Å². The fraction of sp³-hybridized carbons (Fsp3) is 0.222. The van der Waals surface area contributed by atoms with Crippen LogP contribution < -0.4 is 10.8 Å². The Balaban J connectivity index is 2.75. The third kappa shape index (κ3) is 1.32. The van der Waals surface area contributed by atoms with Crippen molar-refractivity contribution in [1.29, 1.82) is 0 Å². The molecule has 12 heavy (non-hydrogen) atoms. The number of hydrogen-bond donors (Lipinski definition) is 1. The first-order valence-corrected chi connectivity index (χ1v) is 4.16. The Kier molecular flexibility index (Phi) is 1.61. The van der Waals surface area contributed by atoms with Gasteiger partial charge < -0.3 is 4.42 Å². The molecule has 0 saturated carbocycles. The maximum atomic E-state index is 5.18. The van der Waals surface area contributed by atoms with Crippen molar-refractivity contribution in [3.05, 3.63) is 29.3 Å². The lowest BCUT2D eigenvalue weighted by molar-refractivity contribution is 0.522. The molecule has 1 aromatic heterocycles. The van der Waals surface area contributed by atoms with E-state index in [0.717, 1.165) is 10.8 Å². The van der Waals surface area contributed by atoms with Gasteiger partial charge in [-0.15, -0.1) is 0 Å². The van der Waals surface area contributed by atoms with E-state index in [4.69, 9.17) is 4.42 Å². The average Bonchev–Trinajstić information content (AvgIpc) is 2.31. The summed E-state index contributed by atoms with van der Waals surface area (Å²) >= 11 is 4.44. The maximum absolute atomic E-state index is 5.18. The Morgan fingerprint density at radius 1 is 1.58 bits per heavy atom. The van der Waals surface area contributed by atoms with Crippen molar-refractivity contribution >= 4 is 24.8 Å². The van der Waals surface area contributed by atoms with E-state index in [1.807, 2.05) is 31.2 Å². The van der Waals surface area contributed by atoms with Gasteiger partial charge in [0.15, 0.2) is 11.8 Å². The second kappa shape index (κ2) is 2.52. The molecular formula is C9H9NOS. The van der Waals surface area contributed by atoms with Crippen molar-refractivity contribution in [3.63, 3.8) is 0 Å². The summed E-state index contributed by atoms with van der Waals surface area (Å²) in [7, 11) is 0. The quantitative estimate of drug-likeness (QED) is 0.587. The molecule has 1 aliphatic carbocycles. The summed E-state index contributed by atoms with van der Waals surface area (Å²) in [6.45, 7) is 2.00. The molecule has 0 aromatic carbocycles. The van der Waals surface area contributed by atoms with Crippen molar-refractivity contribution in [2.24, 2.45) is 0 Å². The molecule has 62 valence electrons. The Bertz CT molecular complexity index is 428. The molecule has 1 atom stereocenters. The Labute approximate surface area is 75.7 Å². The molecule has 1 unspecified atom stereocenters. The van der Waals surface area contributed by atoms with Crippen LogP contribution in [0.2, 0.25) is 0 Å². The summed E-state index contributed by atoms with van der Waals surface area (Å²) in [5, 5.41) is 0.865.